The zero-order valence-electron chi connectivity index (χ0n) is 15.6. The largest absolute Gasteiger partial charge is 0.414 e. The van der Waals surface area contributed by atoms with Crippen molar-refractivity contribution in [3.63, 3.8) is 0 Å². The molecule has 0 spiro atoms. The number of aliphatic hydroxyl groups excluding tert-OH is 1. The number of nitrogens with zero attached hydrogens (tertiary/aromatic N) is 2. The Bertz CT molecular complexity index is 900. The van der Waals surface area contributed by atoms with Crippen molar-refractivity contribution in [2.75, 3.05) is 0 Å². The Morgan fingerprint density at radius 1 is 1.22 bits per heavy atom. The molecule has 0 radical (unpaired) electrons. The number of benzene rings is 1. The molecule has 3 nitrogen and oxygen atoms in total. The highest BCUT2D eigenvalue weighted by Crippen LogP contribution is 2.53. The number of alkyl halides is 3. The molecule has 2 aliphatic rings. The summed E-state index contributed by atoms with van der Waals surface area (Å²) in [6.45, 7) is 3.56. The van der Waals surface area contributed by atoms with E-state index in [0.717, 1.165) is 29.7 Å². The third kappa shape index (κ3) is 2.64. The van der Waals surface area contributed by atoms with E-state index in [2.05, 4.69) is 5.10 Å². The van der Waals surface area contributed by atoms with E-state index < -0.39 is 29.2 Å². The second kappa shape index (κ2) is 5.96. The van der Waals surface area contributed by atoms with Gasteiger partial charge >= 0.3 is 6.18 Å². The first-order valence-corrected chi connectivity index (χ1v) is 9.24. The van der Waals surface area contributed by atoms with Gasteiger partial charge in [-0.3, -0.25) is 4.68 Å². The Labute approximate surface area is 156 Å². The summed E-state index contributed by atoms with van der Waals surface area (Å²) in [5.41, 5.74) is 2.02. The van der Waals surface area contributed by atoms with Crippen molar-refractivity contribution in [1.29, 1.82) is 0 Å². The number of hydrogen-bond donors (Lipinski definition) is 1. The molecule has 0 saturated carbocycles. The minimum absolute atomic E-state index is 0.0791. The SMILES string of the molecule is C[C@@H]1C(O)C(C(F)(F)F)=C[C@]2(C)c3nn(C)c(-c4ccccc4)c3CC[C@@H]12. The molecule has 1 heterocycles. The number of halogens is 3. The van der Waals surface area contributed by atoms with Crippen LogP contribution in [0.25, 0.3) is 11.3 Å². The summed E-state index contributed by atoms with van der Waals surface area (Å²) in [6.07, 6.45) is -3.31. The van der Waals surface area contributed by atoms with Crippen LogP contribution in [0.3, 0.4) is 0 Å². The molecule has 6 heteroatoms. The summed E-state index contributed by atoms with van der Waals surface area (Å²) in [7, 11) is 1.84. The second-order valence-corrected chi connectivity index (χ2v) is 7.99. The lowest BCUT2D eigenvalue weighted by Gasteiger charge is -2.48. The third-order valence-electron chi connectivity index (χ3n) is 6.41. The molecular weight excluding hydrogens is 353 g/mol. The lowest BCUT2D eigenvalue weighted by Crippen LogP contribution is -2.49. The highest BCUT2D eigenvalue weighted by molar-refractivity contribution is 5.66. The summed E-state index contributed by atoms with van der Waals surface area (Å²) in [4.78, 5) is 0. The number of rotatable bonds is 1. The minimum Gasteiger partial charge on any atom is -0.388 e. The maximum Gasteiger partial charge on any atom is 0.414 e. The monoisotopic (exact) mass is 376 g/mol. The number of aryl methyl sites for hydroxylation is 1. The molecule has 1 aromatic heterocycles. The number of allylic oxidation sites excluding steroid dienone is 1. The number of aromatic nitrogens is 2. The second-order valence-electron chi connectivity index (χ2n) is 7.99. The van der Waals surface area contributed by atoms with Crippen LogP contribution in [0.2, 0.25) is 0 Å². The smallest absolute Gasteiger partial charge is 0.388 e. The van der Waals surface area contributed by atoms with E-state index in [1.165, 1.54) is 6.08 Å². The molecule has 0 aliphatic heterocycles. The summed E-state index contributed by atoms with van der Waals surface area (Å²) in [5.74, 6) is -0.559. The summed E-state index contributed by atoms with van der Waals surface area (Å²) in [6, 6.07) is 9.82. The van der Waals surface area contributed by atoms with E-state index in [4.69, 9.17) is 0 Å². The van der Waals surface area contributed by atoms with E-state index in [0.29, 0.717) is 5.69 Å². The van der Waals surface area contributed by atoms with Crippen LogP contribution in [-0.2, 0) is 18.9 Å². The van der Waals surface area contributed by atoms with E-state index in [-0.39, 0.29) is 5.92 Å². The molecule has 2 aromatic rings. The average Bonchev–Trinajstić information content (AvgIpc) is 2.95. The molecular formula is C21H23F3N2O. The molecule has 0 amide bonds. The normalized spacial score (nSPS) is 30.5. The summed E-state index contributed by atoms with van der Waals surface area (Å²) < 4.78 is 42.5. The van der Waals surface area contributed by atoms with Gasteiger partial charge < -0.3 is 5.11 Å². The molecule has 0 fully saturated rings. The van der Waals surface area contributed by atoms with Gasteiger partial charge in [0.25, 0.3) is 0 Å². The van der Waals surface area contributed by atoms with Gasteiger partial charge in [-0.05, 0) is 24.7 Å². The summed E-state index contributed by atoms with van der Waals surface area (Å²) in [5, 5.41) is 15.0. The highest BCUT2D eigenvalue weighted by atomic mass is 19.4. The third-order valence-corrected chi connectivity index (χ3v) is 6.41. The highest BCUT2D eigenvalue weighted by Gasteiger charge is 2.54. The first kappa shape index (κ1) is 18.3. The van der Waals surface area contributed by atoms with Gasteiger partial charge in [0.2, 0.25) is 0 Å². The Morgan fingerprint density at radius 3 is 2.52 bits per heavy atom. The van der Waals surface area contributed by atoms with Gasteiger partial charge in [0.05, 0.1) is 23.1 Å². The lowest BCUT2D eigenvalue weighted by atomic mass is 9.57. The van der Waals surface area contributed by atoms with Gasteiger partial charge in [-0.25, -0.2) is 0 Å². The Kier molecular flexibility index (Phi) is 4.04. The fourth-order valence-electron chi connectivity index (χ4n) is 5.12. The molecule has 1 N–H and O–H groups in total. The molecule has 0 bridgehead atoms. The van der Waals surface area contributed by atoms with Crippen molar-refractivity contribution in [2.24, 2.45) is 18.9 Å². The number of hydrogen-bond acceptors (Lipinski definition) is 2. The van der Waals surface area contributed by atoms with Crippen LogP contribution < -0.4 is 0 Å². The van der Waals surface area contributed by atoms with E-state index in [9.17, 15) is 18.3 Å². The van der Waals surface area contributed by atoms with Crippen LogP contribution in [0.5, 0.6) is 0 Å². The molecule has 4 rings (SSSR count). The molecule has 2 aliphatic carbocycles. The number of aliphatic hydroxyl groups is 1. The topological polar surface area (TPSA) is 38.1 Å². The van der Waals surface area contributed by atoms with Crippen LogP contribution in [0, 0.1) is 11.8 Å². The van der Waals surface area contributed by atoms with Crippen LogP contribution in [0.15, 0.2) is 42.0 Å². The van der Waals surface area contributed by atoms with Crippen molar-refractivity contribution >= 4 is 0 Å². The lowest BCUT2D eigenvalue weighted by molar-refractivity contribution is -0.117. The Morgan fingerprint density at radius 2 is 1.89 bits per heavy atom. The zero-order chi connectivity index (χ0) is 19.6. The fourth-order valence-corrected chi connectivity index (χ4v) is 5.12. The average molecular weight is 376 g/mol. The molecule has 1 aromatic carbocycles. The van der Waals surface area contributed by atoms with Crippen molar-refractivity contribution in [3.05, 3.63) is 53.2 Å². The molecule has 27 heavy (non-hydrogen) atoms. The maximum absolute atomic E-state index is 13.6. The van der Waals surface area contributed by atoms with Crippen LogP contribution in [0.4, 0.5) is 13.2 Å². The Hall–Kier alpha value is -2.08. The van der Waals surface area contributed by atoms with Crippen molar-refractivity contribution in [1.82, 2.24) is 9.78 Å². The standard InChI is InChI=1S/C21H23F3N2O/c1-12-15-10-9-14-17(13-7-5-4-6-8-13)26(3)25-19(14)20(15,2)11-16(18(12)27)21(22,23)24/h4-8,11-12,15,18,27H,9-10H2,1-3H3/t12-,15-,18?,20-/m0/s1. The van der Waals surface area contributed by atoms with Gasteiger partial charge in [0.15, 0.2) is 0 Å². The van der Waals surface area contributed by atoms with Gasteiger partial charge in [0, 0.05) is 23.6 Å². The number of fused-ring (bicyclic) bond motifs is 3. The van der Waals surface area contributed by atoms with Crippen LogP contribution in [-0.4, -0.2) is 27.2 Å². The Balaban J connectivity index is 1.93. The predicted octanol–water partition coefficient (Wildman–Crippen LogP) is 4.41. The molecule has 0 saturated heterocycles. The van der Waals surface area contributed by atoms with Gasteiger partial charge in [-0.2, -0.15) is 18.3 Å². The molecule has 1 unspecified atom stereocenters. The zero-order valence-corrected chi connectivity index (χ0v) is 15.6. The van der Waals surface area contributed by atoms with Gasteiger partial charge in [-0.1, -0.05) is 50.3 Å². The van der Waals surface area contributed by atoms with E-state index in [1.807, 2.05) is 44.3 Å². The maximum atomic E-state index is 13.6. The molecule has 144 valence electrons. The quantitative estimate of drug-likeness (QED) is 0.749. The first-order valence-electron chi connectivity index (χ1n) is 9.24. The van der Waals surface area contributed by atoms with E-state index >= 15 is 0 Å². The van der Waals surface area contributed by atoms with Crippen molar-refractivity contribution in [2.45, 2.75) is 44.4 Å². The van der Waals surface area contributed by atoms with Gasteiger partial charge in [-0.15, -0.1) is 0 Å². The minimum atomic E-state index is -4.55. The van der Waals surface area contributed by atoms with Crippen LogP contribution >= 0.6 is 0 Å². The first-order chi connectivity index (χ1) is 12.6. The van der Waals surface area contributed by atoms with Crippen LogP contribution in [0.1, 0.15) is 31.5 Å². The predicted molar refractivity (Wildman–Crippen MR) is 97.1 cm³/mol. The van der Waals surface area contributed by atoms with Crippen molar-refractivity contribution in [3.8, 4) is 11.3 Å². The van der Waals surface area contributed by atoms with E-state index in [1.54, 1.807) is 11.6 Å². The fraction of sp³-hybridized carbons (Fsp3) is 0.476. The van der Waals surface area contributed by atoms with Gasteiger partial charge in [0.1, 0.15) is 0 Å². The van der Waals surface area contributed by atoms with Crippen molar-refractivity contribution < 1.29 is 18.3 Å². The molecule has 4 atom stereocenters. The summed E-state index contributed by atoms with van der Waals surface area (Å²) >= 11 is 0.